The maximum atomic E-state index is 11.7. The third-order valence-corrected chi connectivity index (χ3v) is 2.48. The number of carbonyl (C=O) groups is 1. The number of ether oxygens (including phenoxy) is 3. The SMILES string of the molecule is CCOC(=O)[C@H]1OC(C)(C)O[C@@H]1[C@H](O)[C@H](C)O. The zero-order chi connectivity index (χ0) is 13.2. The Morgan fingerprint density at radius 2 is 2.00 bits per heavy atom. The fourth-order valence-electron chi connectivity index (χ4n) is 1.72. The van der Waals surface area contributed by atoms with E-state index in [-0.39, 0.29) is 6.61 Å². The van der Waals surface area contributed by atoms with Gasteiger partial charge in [-0.05, 0) is 27.7 Å². The van der Waals surface area contributed by atoms with Crippen LogP contribution in [0.3, 0.4) is 0 Å². The number of aliphatic hydroxyl groups excluding tert-OH is 2. The van der Waals surface area contributed by atoms with Crippen molar-refractivity contribution in [2.75, 3.05) is 6.61 Å². The van der Waals surface area contributed by atoms with E-state index in [4.69, 9.17) is 14.2 Å². The average molecular weight is 248 g/mol. The Morgan fingerprint density at radius 1 is 1.41 bits per heavy atom. The van der Waals surface area contributed by atoms with Crippen molar-refractivity contribution < 1.29 is 29.2 Å². The summed E-state index contributed by atoms with van der Waals surface area (Å²) in [5.74, 6) is -1.58. The van der Waals surface area contributed by atoms with Crippen molar-refractivity contribution in [3.8, 4) is 0 Å². The van der Waals surface area contributed by atoms with Crippen LogP contribution in [-0.2, 0) is 19.0 Å². The molecule has 6 nitrogen and oxygen atoms in total. The highest BCUT2D eigenvalue weighted by Crippen LogP contribution is 2.31. The van der Waals surface area contributed by atoms with Crippen molar-refractivity contribution in [3.05, 3.63) is 0 Å². The molecule has 0 amide bonds. The van der Waals surface area contributed by atoms with Crippen LogP contribution >= 0.6 is 0 Å². The number of aliphatic hydroxyl groups is 2. The molecule has 0 bridgehead atoms. The predicted molar refractivity (Wildman–Crippen MR) is 58.1 cm³/mol. The molecule has 0 spiro atoms. The van der Waals surface area contributed by atoms with E-state index >= 15 is 0 Å². The van der Waals surface area contributed by atoms with E-state index in [1.54, 1.807) is 20.8 Å². The van der Waals surface area contributed by atoms with Crippen LogP contribution < -0.4 is 0 Å². The second-order valence-corrected chi connectivity index (χ2v) is 4.50. The number of esters is 1. The number of hydrogen-bond acceptors (Lipinski definition) is 6. The molecule has 1 saturated heterocycles. The lowest BCUT2D eigenvalue weighted by Gasteiger charge is -2.23. The molecule has 0 aromatic heterocycles. The lowest BCUT2D eigenvalue weighted by atomic mass is 10.0. The highest BCUT2D eigenvalue weighted by atomic mass is 16.8. The van der Waals surface area contributed by atoms with Gasteiger partial charge in [-0.15, -0.1) is 0 Å². The molecule has 0 unspecified atom stereocenters. The Hall–Kier alpha value is -0.690. The molecular formula is C11H20O6. The largest absolute Gasteiger partial charge is 0.464 e. The standard InChI is InChI=1S/C11H20O6/c1-5-15-10(14)9-8(7(13)6(2)12)16-11(3,4)17-9/h6-9,12-13H,5H2,1-4H3/t6-,7+,8+,9-/m0/s1. The van der Waals surface area contributed by atoms with Crippen LogP contribution in [0.2, 0.25) is 0 Å². The first kappa shape index (κ1) is 14.4. The van der Waals surface area contributed by atoms with E-state index in [9.17, 15) is 15.0 Å². The number of rotatable bonds is 4. The second-order valence-electron chi connectivity index (χ2n) is 4.50. The molecule has 1 rings (SSSR count). The fraction of sp³-hybridized carbons (Fsp3) is 0.909. The van der Waals surface area contributed by atoms with Gasteiger partial charge in [0, 0.05) is 0 Å². The molecular weight excluding hydrogens is 228 g/mol. The molecule has 100 valence electrons. The first-order chi connectivity index (χ1) is 7.78. The molecule has 2 N–H and O–H groups in total. The number of carbonyl (C=O) groups excluding carboxylic acids is 1. The van der Waals surface area contributed by atoms with E-state index in [0.29, 0.717) is 0 Å². The van der Waals surface area contributed by atoms with Crippen LogP contribution in [0.25, 0.3) is 0 Å². The number of hydrogen-bond donors (Lipinski definition) is 2. The lowest BCUT2D eigenvalue weighted by Crippen LogP contribution is -2.45. The summed E-state index contributed by atoms with van der Waals surface area (Å²) in [4.78, 5) is 11.7. The van der Waals surface area contributed by atoms with E-state index in [1.165, 1.54) is 6.92 Å². The molecule has 0 aliphatic carbocycles. The van der Waals surface area contributed by atoms with Crippen molar-refractivity contribution in [2.24, 2.45) is 0 Å². The van der Waals surface area contributed by atoms with Crippen LogP contribution in [0.5, 0.6) is 0 Å². The van der Waals surface area contributed by atoms with Gasteiger partial charge in [0.15, 0.2) is 11.9 Å². The molecule has 1 heterocycles. The second kappa shape index (κ2) is 5.30. The summed E-state index contributed by atoms with van der Waals surface area (Å²) in [5, 5.41) is 19.1. The van der Waals surface area contributed by atoms with Gasteiger partial charge >= 0.3 is 5.97 Å². The predicted octanol–water partition coefficient (Wildman–Crippen LogP) is -0.189. The Kier molecular flexibility index (Phi) is 4.48. The molecule has 4 atom stereocenters. The molecule has 0 radical (unpaired) electrons. The quantitative estimate of drug-likeness (QED) is 0.671. The van der Waals surface area contributed by atoms with Gasteiger partial charge in [-0.25, -0.2) is 4.79 Å². The van der Waals surface area contributed by atoms with Crippen molar-refractivity contribution in [1.82, 2.24) is 0 Å². The zero-order valence-electron chi connectivity index (χ0n) is 10.5. The van der Waals surface area contributed by atoms with Crippen LogP contribution in [0.1, 0.15) is 27.7 Å². The normalized spacial score (nSPS) is 30.9. The van der Waals surface area contributed by atoms with Gasteiger partial charge in [-0.3, -0.25) is 0 Å². The minimum atomic E-state index is -1.20. The van der Waals surface area contributed by atoms with Crippen LogP contribution in [0.15, 0.2) is 0 Å². The fourth-order valence-corrected chi connectivity index (χ4v) is 1.72. The highest BCUT2D eigenvalue weighted by Gasteiger charge is 2.50. The Labute approximate surface area is 100 Å². The molecule has 0 aromatic carbocycles. The highest BCUT2D eigenvalue weighted by molar-refractivity contribution is 5.76. The summed E-state index contributed by atoms with van der Waals surface area (Å²) in [5.41, 5.74) is 0. The molecule has 0 aromatic rings. The monoisotopic (exact) mass is 248 g/mol. The Balaban J connectivity index is 2.81. The smallest absolute Gasteiger partial charge is 0.338 e. The van der Waals surface area contributed by atoms with E-state index in [1.807, 2.05) is 0 Å². The van der Waals surface area contributed by atoms with Crippen molar-refractivity contribution >= 4 is 5.97 Å². The Bertz CT molecular complexity index is 275. The first-order valence-corrected chi connectivity index (χ1v) is 5.67. The van der Waals surface area contributed by atoms with E-state index in [2.05, 4.69) is 0 Å². The van der Waals surface area contributed by atoms with Gasteiger partial charge in [0.25, 0.3) is 0 Å². The summed E-state index contributed by atoms with van der Waals surface area (Å²) in [6.07, 6.45) is -4.17. The molecule has 1 aliphatic heterocycles. The lowest BCUT2D eigenvalue weighted by molar-refractivity contribution is -0.171. The molecule has 6 heteroatoms. The Morgan fingerprint density at radius 3 is 2.47 bits per heavy atom. The van der Waals surface area contributed by atoms with Gasteiger partial charge in [-0.2, -0.15) is 0 Å². The summed E-state index contributed by atoms with van der Waals surface area (Å²) >= 11 is 0. The maximum Gasteiger partial charge on any atom is 0.338 e. The van der Waals surface area contributed by atoms with Gasteiger partial charge in [0.2, 0.25) is 0 Å². The minimum absolute atomic E-state index is 0.219. The van der Waals surface area contributed by atoms with E-state index in [0.717, 1.165) is 0 Å². The van der Waals surface area contributed by atoms with Gasteiger partial charge < -0.3 is 24.4 Å². The zero-order valence-corrected chi connectivity index (χ0v) is 10.5. The van der Waals surface area contributed by atoms with Gasteiger partial charge in [0.1, 0.15) is 12.2 Å². The summed E-state index contributed by atoms with van der Waals surface area (Å²) in [6.45, 7) is 6.58. The first-order valence-electron chi connectivity index (χ1n) is 5.67. The topological polar surface area (TPSA) is 85.2 Å². The molecule has 17 heavy (non-hydrogen) atoms. The summed E-state index contributed by atoms with van der Waals surface area (Å²) in [6, 6.07) is 0. The maximum absolute atomic E-state index is 11.7. The molecule has 1 fully saturated rings. The van der Waals surface area contributed by atoms with Crippen molar-refractivity contribution in [2.45, 2.75) is 57.9 Å². The average Bonchev–Trinajstić information content (AvgIpc) is 2.53. The summed E-state index contributed by atoms with van der Waals surface area (Å²) in [7, 11) is 0. The molecule has 1 aliphatic rings. The third kappa shape index (κ3) is 3.38. The van der Waals surface area contributed by atoms with Crippen molar-refractivity contribution in [1.29, 1.82) is 0 Å². The van der Waals surface area contributed by atoms with Crippen LogP contribution in [0.4, 0.5) is 0 Å². The van der Waals surface area contributed by atoms with Crippen LogP contribution in [-0.4, -0.2) is 53.0 Å². The summed E-state index contributed by atoms with van der Waals surface area (Å²) < 4.78 is 15.6. The van der Waals surface area contributed by atoms with Gasteiger partial charge in [0.05, 0.1) is 12.7 Å². The minimum Gasteiger partial charge on any atom is -0.464 e. The van der Waals surface area contributed by atoms with Crippen molar-refractivity contribution in [3.63, 3.8) is 0 Å². The van der Waals surface area contributed by atoms with E-state index < -0.39 is 36.2 Å². The van der Waals surface area contributed by atoms with Crippen LogP contribution in [0, 0.1) is 0 Å². The molecule has 0 saturated carbocycles. The third-order valence-electron chi connectivity index (χ3n) is 2.48. The van der Waals surface area contributed by atoms with Gasteiger partial charge in [-0.1, -0.05) is 0 Å².